The van der Waals surface area contributed by atoms with Gasteiger partial charge in [-0.3, -0.25) is 0 Å². The van der Waals surface area contributed by atoms with Crippen LogP contribution >= 0.6 is 0 Å². The van der Waals surface area contributed by atoms with Crippen LogP contribution < -0.4 is 16.0 Å². The Bertz CT molecular complexity index is 524. The average Bonchev–Trinajstić information content (AvgIpc) is 2.93. The molecule has 0 aromatic carbocycles. The number of rotatable bonds is 7. The molecule has 0 unspecified atom stereocenters. The van der Waals surface area contributed by atoms with E-state index in [1.54, 1.807) is 6.26 Å². The molecule has 2 aromatic rings. The van der Waals surface area contributed by atoms with E-state index in [0.29, 0.717) is 18.4 Å². The number of nitrogen functional groups attached to an aromatic ring is 1. The van der Waals surface area contributed by atoms with Crippen LogP contribution in [0.2, 0.25) is 0 Å². The summed E-state index contributed by atoms with van der Waals surface area (Å²) in [6.45, 7) is 6.42. The van der Waals surface area contributed by atoms with E-state index in [1.807, 2.05) is 30.9 Å². The number of nitrogens with one attached hydrogen (secondary N) is 1. The first-order valence-electron chi connectivity index (χ1n) is 6.75. The van der Waals surface area contributed by atoms with Gasteiger partial charge in [-0.05, 0) is 26.0 Å². The number of nitrogens with two attached hydrogens (primary N) is 1. The molecule has 7 heteroatoms. The lowest BCUT2D eigenvalue weighted by molar-refractivity contribution is 0.512. The summed E-state index contributed by atoms with van der Waals surface area (Å²) in [5, 5.41) is 3.14. The summed E-state index contributed by atoms with van der Waals surface area (Å²) in [4.78, 5) is 14.6. The van der Waals surface area contributed by atoms with Gasteiger partial charge in [0, 0.05) is 26.1 Å². The molecule has 0 saturated carbocycles. The van der Waals surface area contributed by atoms with E-state index < -0.39 is 0 Å². The third-order valence-electron chi connectivity index (χ3n) is 2.92. The number of anilines is 3. The van der Waals surface area contributed by atoms with Crippen LogP contribution in [0, 0.1) is 0 Å². The van der Waals surface area contributed by atoms with Crippen LogP contribution in [-0.2, 0) is 6.42 Å². The number of furan rings is 1. The third kappa shape index (κ3) is 3.59. The fraction of sp³-hybridized carbons (Fsp3) is 0.462. The van der Waals surface area contributed by atoms with E-state index in [2.05, 4.69) is 20.3 Å². The van der Waals surface area contributed by atoms with Crippen molar-refractivity contribution in [3.05, 3.63) is 24.2 Å². The highest BCUT2D eigenvalue weighted by Gasteiger charge is 2.09. The Hall–Kier alpha value is -2.31. The molecule has 0 bridgehead atoms. The van der Waals surface area contributed by atoms with Crippen LogP contribution in [0.1, 0.15) is 19.6 Å². The first-order chi connectivity index (χ1) is 9.72. The van der Waals surface area contributed by atoms with Crippen molar-refractivity contribution in [2.24, 2.45) is 0 Å². The highest BCUT2D eigenvalue weighted by atomic mass is 16.3. The molecule has 2 heterocycles. The molecule has 0 atom stereocenters. The molecule has 108 valence electrons. The number of hydrogen-bond acceptors (Lipinski definition) is 7. The minimum absolute atomic E-state index is 0.224. The molecule has 0 amide bonds. The summed E-state index contributed by atoms with van der Waals surface area (Å²) in [6.07, 6.45) is 2.42. The number of aromatic nitrogens is 3. The van der Waals surface area contributed by atoms with Crippen molar-refractivity contribution < 1.29 is 4.42 Å². The summed E-state index contributed by atoms with van der Waals surface area (Å²) in [6, 6.07) is 3.81. The van der Waals surface area contributed by atoms with Gasteiger partial charge in [-0.15, -0.1) is 0 Å². The third-order valence-corrected chi connectivity index (χ3v) is 2.92. The van der Waals surface area contributed by atoms with Gasteiger partial charge in [0.2, 0.25) is 17.8 Å². The van der Waals surface area contributed by atoms with Gasteiger partial charge in [-0.1, -0.05) is 0 Å². The standard InChI is InChI=1S/C13H20N6O/c1-3-19(4-2)13-17-11(14)16-12(18-13)15-8-7-10-6-5-9-20-10/h5-6,9H,3-4,7-8H2,1-2H3,(H3,14,15,16,17,18). The zero-order valence-corrected chi connectivity index (χ0v) is 11.8. The second-order valence-corrected chi connectivity index (χ2v) is 4.25. The van der Waals surface area contributed by atoms with E-state index in [9.17, 15) is 0 Å². The van der Waals surface area contributed by atoms with E-state index >= 15 is 0 Å². The molecule has 7 nitrogen and oxygen atoms in total. The van der Waals surface area contributed by atoms with E-state index in [0.717, 1.165) is 25.3 Å². The van der Waals surface area contributed by atoms with Crippen LogP contribution in [0.3, 0.4) is 0 Å². The van der Waals surface area contributed by atoms with Crippen LogP contribution in [-0.4, -0.2) is 34.6 Å². The fourth-order valence-electron chi connectivity index (χ4n) is 1.86. The van der Waals surface area contributed by atoms with Crippen molar-refractivity contribution >= 4 is 17.8 Å². The molecule has 2 rings (SSSR count). The van der Waals surface area contributed by atoms with Gasteiger partial charge in [0.15, 0.2) is 0 Å². The minimum atomic E-state index is 0.224. The quantitative estimate of drug-likeness (QED) is 0.792. The molecule has 2 aromatic heterocycles. The van der Waals surface area contributed by atoms with Crippen molar-refractivity contribution in [2.45, 2.75) is 20.3 Å². The lowest BCUT2D eigenvalue weighted by atomic mass is 10.3. The molecule has 20 heavy (non-hydrogen) atoms. The molecular formula is C13H20N6O. The number of hydrogen-bond donors (Lipinski definition) is 2. The Kier molecular flexibility index (Phi) is 4.75. The molecule has 0 aliphatic rings. The van der Waals surface area contributed by atoms with Crippen LogP contribution in [0.5, 0.6) is 0 Å². The second-order valence-electron chi connectivity index (χ2n) is 4.25. The van der Waals surface area contributed by atoms with Gasteiger partial charge in [-0.2, -0.15) is 15.0 Å². The fourth-order valence-corrected chi connectivity index (χ4v) is 1.86. The van der Waals surface area contributed by atoms with Crippen LogP contribution in [0.15, 0.2) is 22.8 Å². The monoisotopic (exact) mass is 276 g/mol. The minimum Gasteiger partial charge on any atom is -0.469 e. The Morgan fingerprint density at radius 1 is 1.25 bits per heavy atom. The highest BCUT2D eigenvalue weighted by Crippen LogP contribution is 2.11. The van der Waals surface area contributed by atoms with E-state index in [4.69, 9.17) is 10.2 Å². The zero-order chi connectivity index (χ0) is 14.4. The second kappa shape index (κ2) is 6.74. The topological polar surface area (TPSA) is 93.1 Å². The van der Waals surface area contributed by atoms with Gasteiger partial charge >= 0.3 is 0 Å². The Morgan fingerprint density at radius 3 is 2.70 bits per heavy atom. The molecule has 0 aliphatic carbocycles. The molecule has 0 aliphatic heterocycles. The molecular weight excluding hydrogens is 256 g/mol. The van der Waals surface area contributed by atoms with Crippen molar-refractivity contribution in [1.29, 1.82) is 0 Å². The SMILES string of the molecule is CCN(CC)c1nc(N)nc(NCCc2ccco2)n1. The maximum Gasteiger partial charge on any atom is 0.231 e. The van der Waals surface area contributed by atoms with Crippen molar-refractivity contribution in [1.82, 2.24) is 15.0 Å². The Balaban J connectivity index is 2.00. The average molecular weight is 276 g/mol. The smallest absolute Gasteiger partial charge is 0.231 e. The van der Waals surface area contributed by atoms with Gasteiger partial charge in [0.05, 0.1) is 6.26 Å². The summed E-state index contributed by atoms with van der Waals surface area (Å²) in [7, 11) is 0. The van der Waals surface area contributed by atoms with Crippen molar-refractivity contribution in [3.8, 4) is 0 Å². The first-order valence-corrected chi connectivity index (χ1v) is 6.75. The van der Waals surface area contributed by atoms with Gasteiger partial charge in [-0.25, -0.2) is 0 Å². The largest absolute Gasteiger partial charge is 0.469 e. The molecule has 0 spiro atoms. The summed E-state index contributed by atoms with van der Waals surface area (Å²) in [5.41, 5.74) is 5.73. The normalized spacial score (nSPS) is 10.5. The Labute approximate surface area is 118 Å². The first kappa shape index (κ1) is 14.1. The summed E-state index contributed by atoms with van der Waals surface area (Å²) in [5.74, 6) is 2.24. The lowest BCUT2D eigenvalue weighted by Gasteiger charge is -2.18. The lowest BCUT2D eigenvalue weighted by Crippen LogP contribution is -2.25. The van der Waals surface area contributed by atoms with E-state index in [-0.39, 0.29) is 5.95 Å². The maximum absolute atomic E-state index is 5.73. The molecule has 0 saturated heterocycles. The van der Waals surface area contributed by atoms with E-state index in [1.165, 1.54) is 0 Å². The van der Waals surface area contributed by atoms with Crippen LogP contribution in [0.4, 0.5) is 17.8 Å². The van der Waals surface area contributed by atoms with Crippen LogP contribution in [0.25, 0.3) is 0 Å². The predicted molar refractivity (Wildman–Crippen MR) is 78.7 cm³/mol. The molecule has 0 fully saturated rings. The molecule has 3 N–H and O–H groups in total. The van der Waals surface area contributed by atoms with Crippen molar-refractivity contribution in [3.63, 3.8) is 0 Å². The van der Waals surface area contributed by atoms with Gasteiger partial charge in [0.1, 0.15) is 5.76 Å². The highest BCUT2D eigenvalue weighted by molar-refractivity contribution is 5.41. The number of nitrogens with zero attached hydrogens (tertiary/aromatic N) is 4. The molecule has 0 radical (unpaired) electrons. The van der Waals surface area contributed by atoms with Gasteiger partial charge in [0.25, 0.3) is 0 Å². The summed E-state index contributed by atoms with van der Waals surface area (Å²) < 4.78 is 5.27. The summed E-state index contributed by atoms with van der Waals surface area (Å²) >= 11 is 0. The predicted octanol–water partition coefficient (Wildman–Crippen LogP) is 1.55. The van der Waals surface area contributed by atoms with Gasteiger partial charge < -0.3 is 20.4 Å². The maximum atomic E-state index is 5.73. The Morgan fingerprint density at radius 2 is 2.05 bits per heavy atom. The zero-order valence-electron chi connectivity index (χ0n) is 11.8. The van der Waals surface area contributed by atoms with Crippen molar-refractivity contribution in [2.75, 3.05) is 35.6 Å².